The van der Waals surface area contributed by atoms with Crippen molar-refractivity contribution in [1.82, 2.24) is 9.88 Å². The minimum atomic E-state index is -0.817. The first-order valence-electron chi connectivity index (χ1n) is 5.92. The molecule has 1 atom stereocenters. The van der Waals surface area contributed by atoms with E-state index in [4.69, 9.17) is 0 Å². The summed E-state index contributed by atoms with van der Waals surface area (Å²) in [6, 6.07) is 6.50. The predicted octanol–water partition coefficient (Wildman–Crippen LogP) is 1.46. The van der Waals surface area contributed by atoms with Gasteiger partial charge in [0.15, 0.2) is 0 Å². The van der Waals surface area contributed by atoms with Crippen LogP contribution in [-0.2, 0) is 6.54 Å². The van der Waals surface area contributed by atoms with Gasteiger partial charge in [0.05, 0.1) is 17.5 Å². The van der Waals surface area contributed by atoms with Crippen LogP contribution in [0.3, 0.4) is 0 Å². The highest BCUT2D eigenvalue weighted by molar-refractivity contribution is 9.10. The number of pyridine rings is 1. The number of hydrogen-bond acceptors (Lipinski definition) is 4. The molecule has 0 bridgehead atoms. The molecule has 7 heteroatoms. The lowest BCUT2D eigenvalue weighted by atomic mass is 10.3. The zero-order valence-electron chi connectivity index (χ0n) is 10.5. The second-order valence-electron chi connectivity index (χ2n) is 4.18. The van der Waals surface area contributed by atoms with E-state index in [1.54, 1.807) is 24.4 Å². The summed E-state index contributed by atoms with van der Waals surface area (Å²) >= 11 is 4.60. The predicted molar refractivity (Wildman–Crippen MR) is 81.1 cm³/mol. The molecule has 0 spiro atoms. The normalized spacial score (nSPS) is 12.1. The maximum absolute atomic E-state index is 11.8. The van der Waals surface area contributed by atoms with Crippen LogP contribution >= 0.6 is 27.3 Å². The zero-order chi connectivity index (χ0) is 14.5. The summed E-state index contributed by atoms with van der Waals surface area (Å²) in [5, 5.41) is 14.3. The number of nitrogens with one attached hydrogen (secondary N) is 1. The van der Waals surface area contributed by atoms with Gasteiger partial charge in [0, 0.05) is 28.7 Å². The molecule has 2 rings (SSSR count). The van der Waals surface area contributed by atoms with Crippen LogP contribution in [0.4, 0.5) is 0 Å². The maximum atomic E-state index is 11.8. The average Bonchev–Trinajstić information content (AvgIpc) is 2.85. The first kappa shape index (κ1) is 15.0. The fourth-order valence-electron chi connectivity index (χ4n) is 1.63. The van der Waals surface area contributed by atoms with Crippen LogP contribution in [-0.4, -0.2) is 28.2 Å². The maximum Gasteiger partial charge on any atom is 0.261 e. The molecule has 1 unspecified atom stereocenters. The van der Waals surface area contributed by atoms with Crippen LogP contribution < -0.4 is 10.9 Å². The van der Waals surface area contributed by atoms with Gasteiger partial charge in [-0.3, -0.25) is 9.59 Å². The highest BCUT2D eigenvalue weighted by Gasteiger charge is 2.11. The van der Waals surface area contributed by atoms with Crippen molar-refractivity contribution in [3.63, 3.8) is 0 Å². The molecule has 0 aromatic carbocycles. The fraction of sp³-hybridized carbons (Fsp3) is 0.231. The highest BCUT2D eigenvalue weighted by atomic mass is 79.9. The van der Waals surface area contributed by atoms with Gasteiger partial charge >= 0.3 is 0 Å². The van der Waals surface area contributed by atoms with Crippen molar-refractivity contribution in [2.45, 2.75) is 12.6 Å². The van der Waals surface area contributed by atoms with Crippen LogP contribution in [0.25, 0.3) is 0 Å². The monoisotopic (exact) mass is 356 g/mol. The Labute approximate surface area is 128 Å². The minimum Gasteiger partial charge on any atom is -0.389 e. The van der Waals surface area contributed by atoms with Crippen LogP contribution in [0.1, 0.15) is 9.67 Å². The summed E-state index contributed by atoms with van der Waals surface area (Å²) in [6.45, 7) is 0.240. The van der Waals surface area contributed by atoms with E-state index in [1.165, 1.54) is 22.0 Å². The number of hydrogen-bond donors (Lipinski definition) is 2. The summed E-state index contributed by atoms with van der Waals surface area (Å²) in [7, 11) is 0. The number of aromatic nitrogens is 1. The molecule has 1 amide bonds. The summed E-state index contributed by atoms with van der Waals surface area (Å²) < 4.78 is 2.25. The van der Waals surface area contributed by atoms with Crippen molar-refractivity contribution in [2.24, 2.45) is 0 Å². The van der Waals surface area contributed by atoms with E-state index in [1.807, 2.05) is 5.38 Å². The average molecular weight is 357 g/mol. The van der Waals surface area contributed by atoms with Gasteiger partial charge in [0.2, 0.25) is 0 Å². The van der Waals surface area contributed by atoms with E-state index in [-0.39, 0.29) is 24.6 Å². The van der Waals surface area contributed by atoms with Crippen LogP contribution in [0.5, 0.6) is 0 Å². The number of aliphatic hydroxyl groups excluding tert-OH is 1. The molecule has 2 aromatic rings. The number of carbonyl (C=O) groups excluding carboxylic acids is 1. The van der Waals surface area contributed by atoms with E-state index >= 15 is 0 Å². The van der Waals surface area contributed by atoms with Crippen LogP contribution in [0.2, 0.25) is 0 Å². The largest absolute Gasteiger partial charge is 0.389 e. The van der Waals surface area contributed by atoms with Gasteiger partial charge < -0.3 is 15.0 Å². The van der Waals surface area contributed by atoms with Crippen molar-refractivity contribution in [3.8, 4) is 0 Å². The Morgan fingerprint density at radius 2 is 2.30 bits per heavy atom. The Hall–Kier alpha value is -1.44. The quantitative estimate of drug-likeness (QED) is 0.851. The lowest BCUT2D eigenvalue weighted by Gasteiger charge is -2.13. The molecule has 0 fully saturated rings. The third-order valence-electron chi connectivity index (χ3n) is 2.60. The molecule has 0 radical (unpaired) electrons. The van der Waals surface area contributed by atoms with Gasteiger partial charge in [0.25, 0.3) is 11.5 Å². The highest BCUT2D eigenvalue weighted by Crippen LogP contribution is 2.19. The summed E-state index contributed by atoms with van der Waals surface area (Å²) in [5.41, 5.74) is -0.180. The number of carbonyl (C=O) groups is 1. The summed E-state index contributed by atoms with van der Waals surface area (Å²) in [5.74, 6) is -0.236. The number of thiophene rings is 1. The Morgan fingerprint density at radius 3 is 2.95 bits per heavy atom. The molecule has 2 aromatic heterocycles. The smallest absolute Gasteiger partial charge is 0.261 e. The molecule has 0 aliphatic carbocycles. The number of halogens is 1. The molecule has 0 saturated carbocycles. The SMILES string of the molecule is O=C(NCC(O)Cn1ccccc1=O)c1cc(Br)cs1. The minimum absolute atomic E-state index is 0.0929. The van der Waals surface area contributed by atoms with Gasteiger partial charge in [-0.15, -0.1) is 11.3 Å². The third kappa shape index (κ3) is 4.03. The Kier molecular flexibility index (Phi) is 5.11. The second-order valence-corrected chi connectivity index (χ2v) is 6.01. The molecule has 106 valence electrons. The Balaban J connectivity index is 1.86. The third-order valence-corrected chi connectivity index (χ3v) is 4.29. The number of nitrogens with zero attached hydrogens (tertiary/aromatic N) is 1. The van der Waals surface area contributed by atoms with E-state index in [0.29, 0.717) is 4.88 Å². The molecule has 0 saturated heterocycles. The van der Waals surface area contributed by atoms with Crippen LogP contribution in [0.15, 0.2) is 45.1 Å². The van der Waals surface area contributed by atoms with Crippen molar-refractivity contribution >= 4 is 33.2 Å². The number of amides is 1. The molecule has 2 N–H and O–H groups in total. The van der Waals surface area contributed by atoms with Crippen molar-refractivity contribution in [3.05, 3.63) is 55.5 Å². The molecule has 0 aliphatic heterocycles. The number of aliphatic hydroxyl groups is 1. The van der Waals surface area contributed by atoms with Gasteiger partial charge in [0.1, 0.15) is 0 Å². The van der Waals surface area contributed by atoms with E-state index in [9.17, 15) is 14.7 Å². The van der Waals surface area contributed by atoms with Gasteiger partial charge in [-0.1, -0.05) is 6.07 Å². The molecular weight excluding hydrogens is 344 g/mol. The van der Waals surface area contributed by atoms with E-state index < -0.39 is 6.10 Å². The molecule has 2 heterocycles. The Bertz CT molecular complexity index is 653. The van der Waals surface area contributed by atoms with E-state index in [2.05, 4.69) is 21.2 Å². The van der Waals surface area contributed by atoms with Crippen LogP contribution in [0, 0.1) is 0 Å². The van der Waals surface area contributed by atoms with Gasteiger partial charge in [-0.05, 0) is 28.1 Å². The summed E-state index contributed by atoms with van der Waals surface area (Å²) in [6.07, 6.45) is 0.784. The topological polar surface area (TPSA) is 71.3 Å². The first-order valence-corrected chi connectivity index (χ1v) is 7.59. The standard InChI is InChI=1S/C13H13BrN2O3S/c14-9-5-11(20-8-9)13(19)15-6-10(17)7-16-4-2-1-3-12(16)18/h1-5,8,10,17H,6-7H2,(H,15,19). The van der Waals surface area contributed by atoms with Crippen molar-refractivity contribution in [1.29, 1.82) is 0 Å². The lowest BCUT2D eigenvalue weighted by molar-refractivity contribution is 0.0907. The van der Waals surface area contributed by atoms with Crippen molar-refractivity contribution < 1.29 is 9.90 Å². The molecule has 0 aliphatic rings. The summed E-state index contributed by atoms with van der Waals surface area (Å²) in [4.78, 5) is 23.8. The number of rotatable bonds is 5. The fourth-order valence-corrected chi connectivity index (χ4v) is 2.98. The van der Waals surface area contributed by atoms with Gasteiger partial charge in [-0.2, -0.15) is 0 Å². The molecular formula is C13H13BrN2O3S. The van der Waals surface area contributed by atoms with E-state index in [0.717, 1.165) is 4.47 Å². The molecule has 20 heavy (non-hydrogen) atoms. The zero-order valence-corrected chi connectivity index (χ0v) is 12.9. The lowest BCUT2D eigenvalue weighted by Crippen LogP contribution is -2.36. The first-order chi connectivity index (χ1) is 9.56. The van der Waals surface area contributed by atoms with Crippen molar-refractivity contribution in [2.75, 3.05) is 6.54 Å². The molecule has 5 nitrogen and oxygen atoms in total. The second kappa shape index (κ2) is 6.83. The Morgan fingerprint density at radius 1 is 1.50 bits per heavy atom. The van der Waals surface area contributed by atoms with Gasteiger partial charge in [-0.25, -0.2) is 0 Å².